The monoisotopic (exact) mass is 229 g/mol. The molecule has 0 unspecified atom stereocenters. The Morgan fingerprint density at radius 3 is 2.62 bits per heavy atom. The Labute approximate surface area is 97.1 Å². The molecule has 3 nitrogen and oxygen atoms in total. The first-order valence-corrected chi connectivity index (χ1v) is 5.26. The predicted octanol–water partition coefficient (Wildman–Crippen LogP) is 3.28. The highest BCUT2D eigenvalue weighted by Gasteiger charge is 2.01. The normalized spacial score (nSPS) is 10.8. The van der Waals surface area contributed by atoms with Gasteiger partial charge in [-0.15, -0.1) is 0 Å². The molecule has 0 aliphatic rings. The summed E-state index contributed by atoms with van der Waals surface area (Å²) >= 11 is 5.84. The lowest BCUT2D eigenvalue weighted by molar-refractivity contribution is 1.30. The van der Waals surface area contributed by atoms with E-state index in [4.69, 9.17) is 11.6 Å². The Bertz CT molecular complexity index is 628. The summed E-state index contributed by atoms with van der Waals surface area (Å²) in [5.74, 6) is 0. The lowest BCUT2D eigenvalue weighted by Crippen LogP contribution is -1.81. The number of pyridine rings is 1. The first kappa shape index (κ1) is 9.36. The molecule has 0 radical (unpaired) electrons. The first-order chi connectivity index (χ1) is 7.83. The maximum Gasteiger partial charge on any atom is 0.177 e. The van der Waals surface area contributed by atoms with Crippen LogP contribution in [0.3, 0.4) is 0 Å². The second-order valence-electron chi connectivity index (χ2n) is 3.50. The van der Waals surface area contributed by atoms with E-state index in [2.05, 4.69) is 15.0 Å². The van der Waals surface area contributed by atoms with Crippen LogP contribution in [-0.4, -0.2) is 15.0 Å². The Balaban J connectivity index is 2.14. The van der Waals surface area contributed by atoms with Gasteiger partial charge in [0, 0.05) is 16.8 Å². The van der Waals surface area contributed by atoms with Crippen LogP contribution in [0.4, 0.5) is 0 Å². The predicted molar refractivity (Wildman–Crippen MR) is 64.3 cm³/mol. The van der Waals surface area contributed by atoms with Gasteiger partial charge in [-0.25, -0.2) is 9.97 Å². The van der Waals surface area contributed by atoms with E-state index in [1.165, 1.54) is 0 Å². The van der Waals surface area contributed by atoms with Gasteiger partial charge in [-0.05, 0) is 23.8 Å². The van der Waals surface area contributed by atoms with E-state index in [0.29, 0.717) is 0 Å². The fourth-order valence-corrected chi connectivity index (χ4v) is 1.76. The molecule has 0 spiro atoms. The van der Waals surface area contributed by atoms with Crippen molar-refractivity contribution in [3.8, 4) is 11.1 Å². The van der Waals surface area contributed by atoms with Gasteiger partial charge in [-0.3, -0.25) is 0 Å². The van der Waals surface area contributed by atoms with E-state index < -0.39 is 0 Å². The third kappa shape index (κ3) is 1.55. The summed E-state index contributed by atoms with van der Waals surface area (Å²) in [4.78, 5) is 11.4. The quantitative estimate of drug-likeness (QED) is 0.696. The molecule has 0 saturated carbocycles. The van der Waals surface area contributed by atoms with E-state index >= 15 is 0 Å². The maximum atomic E-state index is 5.84. The fourth-order valence-electron chi connectivity index (χ4n) is 1.63. The highest BCUT2D eigenvalue weighted by molar-refractivity contribution is 6.30. The van der Waals surface area contributed by atoms with Gasteiger partial charge >= 0.3 is 0 Å². The van der Waals surface area contributed by atoms with Crippen LogP contribution in [-0.2, 0) is 0 Å². The minimum atomic E-state index is 0.734. The molecule has 2 heterocycles. The number of nitrogens with one attached hydrogen (secondary N) is 1. The molecule has 0 saturated heterocycles. The van der Waals surface area contributed by atoms with Crippen molar-refractivity contribution in [1.29, 1.82) is 0 Å². The van der Waals surface area contributed by atoms with Crippen LogP contribution >= 0.6 is 11.6 Å². The first-order valence-electron chi connectivity index (χ1n) is 4.88. The number of nitrogens with zero attached hydrogens (tertiary/aromatic N) is 2. The van der Waals surface area contributed by atoms with Crippen LogP contribution in [0.1, 0.15) is 0 Å². The zero-order valence-corrected chi connectivity index (χ0v) is 9.07. The molecule has 0 bridgehead atoms. The van der Waals surface area contributed by atoms with E-state index in [9.17, 15) is 0 Å². The average molecular weight is 230 g/mol. The van der Waals surface area contributed by atoms with E-state index in [-0.39, 0.29) is 0 Å². The fraction of sp³-hybridized carbons (Fsp3) is 0. The molecule has 4 heteroatoms. The summed E-state index contributed by atoms with van der Waals surface area (Å²) in [6.07, 6.45) is 3.45. The molecule has 0 aliphatic carbocycles. The molecule has 0 aliphatic heterocycles. The molecule has 0 fully saturated rings. The summed E-state index contributed by atoms with van der Waals surface area (Å²) in [5.41, 5.74) is 3.81. The molecular weight excluding hydrogens is 222 g/mol. The number of hydrogen-bond donors (Lipinski definition) is 1. The zero-order valence-electron chi connectivity index (χ0n) is 8.31. The van der Waals surface area contributed by atoms with Crippen molar-refractivity contribution < 1.29 is 0 Å². The van der Waals surface area contributed by atoms with E-state index in [1.807, 2.05) is 36.5 Å². The number of benzene rings is 1. The molecule has 1 N–H and O–H groups in total. The molecule has 16 heavy (non-hydrogen) atoms. The number of rotatable bonds is 1. The zero-order chi connectivity index (χ0) is 11.0. The summed E-state index contributed by atoms with van der Waals surface area (Å²) < 4.78 is 0. The lowest BCUT2D eigenvalue weighted by atomic mass is 10.1. The Morgan fingerprint density at radius 1 is 1.00 bits per heavy atom. The molecular formula is C12H8ClN3. The van der Waals surface area contributed by atoms with Crippen LogP contribution in [0.25, 0.3) is 22.3 Å². The smallest absolute Gasteiger partial charge is 0.177 e. The third-order valence-corrected chi connectivity index (χ3v) is 2.70. The van der Waals surface area contributed by atoms with Crippen molar-refractivity contribution in [3.05, 3.63) is 47.9 Å². The second-order valence-corrected chi connectivity index (χ2v) is 3.94. The summed E-state index contributed by atoms with van der Waals surface area (Å²) in [7, 11) is 0. The maximum absolute atomic E-state index is 5.84. The van der Waals surface area contributed by atoms with Crippen molar-refractivity contribution in [1.82, 2.24) is 15.0 Å². The van der Waals surface area contributed by atoms with E-state index in [1.54, 1.807) is 6.33 Å². The average Bonchev–Trinajstić information content (AvgIpc) is 2.77. The number of halogens is 1. The molecule has 0 amide bonds. The van der Waals surface area contributed by atoms with Crippen LogP contribution < -0.4 is 0 Å². The Kier molecular flexibility index (Phi) is 2.11. The summed E-state index contributed by atoms with van der Waals surface area (Å²) in [6, 6.07) is 9.71. The Morgan fingerprint density at radius 2 is 1.81 bits per heavy atom. The number of aromatic amines is 1. The molecule has 0 atom stereocenters. The SMILES string of the molecule is Clc1ccc(-c2cnc3nc[nH]c3c2)cc1. The molecule has 2 aromatic heterocycles. The van der Waals surface area contributed by atoms with Crippen LogP contribution in [0.5, 0.6) is 0 Å². The van der Waals surface area contributed by atoms with Crippen LogP contribution in [0, 0.1) is 0 Å². The molecule has 78 valence electrons. The minimum absolute atomic E-state index is 0.734. The summed E-state index contributed by atoms with van der Waals surface area (Å²) in [5, 5.41) is 0.735. The standard InChI is InChI=1S/C12H8ClN3/c13-10-3-1-8(2-4-10)9-5-11-12(14-6-9)16-7-15-11/h1-7H,(H,14,15,16). The highest BCUT2D eigenvalue weighted by atomic mass is 35.5. The van der Waals surface area contributed by atoms with Gasteiger partial charge in [0.15, 0.2) is 5.65 Å². The number of hydrogen-bond acceptors (Lipinski definition) is 2. The summed E-state index contributed by atoms with van der Waals surface area (Å²) in [6.45, 7) is 0. The van der Waals surface area contributed by atoms with Crippen molar-refractivity contribution >= 4 is 22.8 Å². The minimum Gasteiger partial charge on any atom is -0.343 e. The molecule has 3 rings (SSSR count). The van der Waals surface area contributed by atoms with Gasteiger partial charge in [0.05, 0.1) is 11.8 Å². The van der Waals surface area contributed by atoms with Crippen molar-refractivity contribution in [2.45, 2.75) is 0 Å². The number of H-pyrrole nitrogens is 1. The van der Waals surface area contributed by atoms with Gasteiger partial charge in [-0.2, -0.15) is 0 Å². The van der Waals surface area contributed by atoms with Gasteiger partial charge < -0.3 is 4.98 Å². The second kappa shape index (κ2) is 3.61. The molecule has 1 aromatic carbocycles. The topological polar surface area (TPSA) is 41.6 Å². The van der Waals surface area contributed by atoms with Gasteiger partial charge in [0.1, 0.15) is 0 Å². The largest absolute Gasteiger partial charge is 0.343 e. The van der Waals surface area contributed by atoms with Gasteiger partial charge in [0.25, 0.3) is 0 Å². The third-order valence-electron chi connectivity index (χ3n) is 2.45. The van der Waals surface area contributed by atoms with Crippen molar-refractivity contribution in [2.24, 2.45) is 0 Å². The number of imidazole rings is 1. The highest BCUT2D eigenvalue weighted by Crippen LogP contribution is 2.22. The van der Waals surface area contributed by atoms with Crippen molar-refractivity contribution in [3.63, 3.8) is 0 Å². The number of aromatic nitrogens is 3. The van der Waals surface area contributed by atoms with Gasteiger partial charge in [-0.1, -0.05) is 23.7 Å². The van der Waals surface area contributed by atoms with Gasteiger partial charge in [0.2, 0.25) is 0 Å². The van der Waals surface area contributed by atoms with Crippen LogP contribution in [0.15, 0.2) is 42.9 Å². The van der Waals surface area contributed by atoms with Crippen molar-refractivity contribution in [2.75, 3.05) is 0 Å². The van der Waals surface area contributed by atoms with Crippen LogP contribution in [0.2, 0.25) is 5.02 Å². The van der Waals surface area contributed by atoms with E-state index in [0.717, 1.165) is 27.3 Å². The Hall–Kier alpha value is -1.87. The lowest BCUT2D eigenvalue weighted by Gasteiger charge is -2.00. The number of fused-ring (bicyclic) bond motifs is 1. The molecule has 3 aromatic rings.